The van der Waals surface area contributed by atoms with Gasteiger partial charge in [0.05, 0.1) is 6.54 Å². The first-order valence-electron chi connectivity index (χ1n) is 11.3. The summed E-state index contributed by atoms with van der Waals surface area (Å²) in [5, 5.41) is 4.12. The van der Waals surface area contributed by atoms with Crippen molar-refractivity contribution in [1.29, 1.82) is 0 Å². The second kappa shape index (κ2) is 9.36. The molecule has 8 nitrogen and oxygen atoms in total. The Kier molecular flexibility index (Phi) is 6.76. The molecular formula is C22H33N5O3S. The van der Waals surface area contributed by atoms with E-state index in [0.29, 0.717) is 56.9 Å². The fourth-order valence-electron chi connectivity index (χ4n) is 4.33. The minimum absolute atomic E-state index is 0.0863. The Hall–Kier alpha value is -1.81. The van der Waals surface area contributed by atoms with Crippen LogP contribution in [0.4, 0.5) is 0 Å². The number of piperidine rings is 1. The van der Waals surface area contributed by atoms with Crippen LogP contribution in [0.2, 0.25) is 0 Å². The first-order valence-corrected chi connectivity index (χ1v) is 12.7. The third-order valence-electron chi connectivity index (χ3n) is 6.36. The molecule has 0 amide bonds. The van der Waals surface area contributed by atoms with Crippen molar-refractivity contribution in [2.45, 2.75) is 58.5 Å². The highest BCUT2D eigenvalue weighted by molar-refractivity contribution is 7.86. The van der Waals surface area contributed by atoms with E-state index in [1.54, 1.807) is 8.61 Å². The molecule has 2 saturated heterocycles. The van der Waals surface area contributed by atoms with Crippen LogP contribution < -0.4 is 0 Å². The Morgan fingerprint density at radius 3 is 2.42 bits per heavy atom. The predicted molar refractivity (Wildman–Crippen MR) is 120 cm³/mol. The molecular weight excluding hydrogens is 414 g/mol. The lowest BCUT2D eigenvalue weighted by Crippen LogP contribution is -2.55. The summed E-state index contributed by atoms with van der Waals surface area (Å²) < 4.78 is 34.8. The zero-order valence-corrected chi connectivity index (χ0v) is 19.5. The molecule has 3 heterocycles. The Morgan fingerprint density at radius 1 is 1.06 bits per heavy atom. The first kappa shape index (κ1) is 22.4. The molecule has 0 radical (unpaired) electrons. The Bertz CT molecular complexity index is 965. The maximum Gasteiger partial charge on any atom is 0.282 e. The number of aromatic nitrogens is 2. The lowest BCUT2D eigenvalue weighted by atomic mass is 10.0. The van der Waals surface area contributed by atoms with E-state index >= 15 is 0 Å². The van der Waals surface area contributed by atoms with Crippen LogP contribution in [0.15, 0.2) is 28.8 Å². The van der Waals surface area contributed by atoms with Gasteiger partial charge in [-0.15, -0.1) is 0 Å². The fraction of sp³-hybridized carbons (Fsp3) is 0.636. The Balaban J connectivity index is 1.33. The number of rotatable bonds is 6. The summed E-state index contributed by atoms with van der Waals surface area (Å²) in [4.78, 5) is 6.71. The zero-order chi connectivity index (χ0) is 22.0. The largest absolute Gasteiger partial charge is 0.338 e. The first-order chi connectivity index (χ1) is 14.8. The van der Waals surface area contributed by atoms with Gasteiger partial charge in [0.1, 0.15) is 0 Å². The van der Waals surface area contributed by atoms with Crippen molar-refractivity contribution in [2.75, 3.05) is 32.7 Å². The number of nitrogens with zero attached hydrogens (tertiary/aromatic N) is 5. The van der Waals surface area contributed by atoms with Gasteiger partial charge in [0.2, 0.25) is 11.7 Å². The smallest absolute Gasteiger partial charge is 0.282 e. The molecule has 31 heavy (non-hydrogen) atoms. The van der Waals surface area contributed by atoms with Gasteiger partial charge < -0.3 is 4.52 Å². The highest BCUT2D eigenvalue weighted by Gasteiger charge is 2.36. The van der Waals surface area contributed by atoms with Gasteiger partial charge >= 0.3 is 0 Å². The van der Waals surface area contributed by atoms with E-state index in [-0.39, 0.29) is 6.04 Å². The third kappa shape index (κ3) is 5.00. The topological polar surface area (TPSA) is 82.8 Å². The average molecular weight is 448 g/mol. The van der Waals surface area contributed by atoms with E-state index < -0.39 is 10.2 Å². The highest BCUT2D eigenvalue weighted by atomic mass is 32.2. The number of hydrogen-bond acceptors (Lipinski definition) is 6. The van der Waals surface area contributed by atoms with Crippen LogP contribution in [0.3, 0.4) is 0 Å². The van der Waals surface area contributed by atoms with E-state index in [4.69, 9.17) is 4.52 Å². The number of benzene rings is 1. The van der Waals surface area contributed by atoms with Crippen molar-refractivity contribution in [1.82, 2.24) is 23.7 Å². The fourth-order valence-corrected chi connectivity index (χ4v) is 6.17. The molecule has 1 atom stereocenters. The molecule has 0 bridgehead atoms. The lowest BCUT2D eigenvalue weighted by molar-refractivity contribution is 0.153. The highest BCUT2D eigenvalue weighted by Crippen LogP contribution is 2.24. The molecule has 2 fully saturated rings. The summed E-state index contributed by atoms with van der Waals surface area (Å²) >= 11 is 0. The maximum atomic E-state index is 13.0. The molecule has 1 aromatic carbocycles. The number of piperazine rings is 1. The minimum Gasteiger partial charge on any atom is -0.338 e. The van der Waals surface area contributed by atoms with Crippen LogP contribution in [-0.2, 0) is 16.8 Å². The Morgan fingerprint density at radius 2 is 1.77 bits per heavy atom. The lowest BCUT2D eigenvalue weighted by Gasteiger charge is -2.39. The van der Waals surface area contributed by atoms with Crippen molar-refractivity contribution in [2.24, 2.45) is 0 Å². The van der Waals surface area contributed by atoms with E-state index in [2.05, 4.69) is 41.0 Å². The monoisotopic (exact) mass is 447 g/mol. The molecule has 1 aromatic heterocycles. The molecule has 9 heteroatoms. The maximum absolute atomic E-state index is 13.0. The molecule has 2 aliphatic heterocycles. The summed E-state index contributed by atoms with van der Waals surface area (Å²) in [6, 6.07) is 8.32. The summed E-state index contributed by atoms with van der Waals surface area (Å²) in [5.74, 6) is 1.63. The molecule has 2 aliphatic rings. The van der Waals surface area contributed by atoms with Crippen molar-refractivity contribution < 1.29 is 12.9 Å². The SMILES string of the molecule is CC(C)c1ccc(-c2noc(CN3CCN(S(=O)(=O)N4CCCCC4C)CC3)n2)cc1. The minimum atomic E-state index is -3.38. The molecule has 0 N–H and O–H groups in total. The van der Waals surface area contributed by atoms with Crippen LogP contribution in [0, 0.1) is 0 Å². The summed E-state index contributed by atoms with van der Waals surface area (Å²) in [6.07, 6.45) is 3.00. The number of hydrogen-bond donors (Lipinski definition) is 0. The molecule has 2 aromatic rings. The molecule has 1 unspecified atom stereocenters. The average Bonchev–Trinajstić information content (AvgIpc) is 3.23. The van der Waals surface area contributed by atoms with Crippen LogP contribution in [0.1, 0.15) is 57.4 Å². The quantitative estimate of drug-likeness (QED) is 0.677. The normalized spacial score (nSPS) is 22.3. The second-order valence-corrected chi connectivity index (χ2v) is 10.8. The van der Waals surface area contributed by atoms with Crippen molar-refractivity contribution in [3.8, 4) is 11.4 Å². The molecule has 170 valence electrons. The van der Waals surface area contributed by atoms with Gasteiger partial charge in [-0.3, -0.25) is 4.90 Å². The van der Waals surface area contributed by atoms with E-state index in [1.165, 1.54) is 5.56 Å². The van der Waals surface area contributed by atoms with Gasteiger partial charge in [-0.05, 0) is 31.2 Å². The Labute approximate surface area is 185 Å². The summed E-state index contributed by atoms with van der Waals surface area (Å²) in [5.41, 5.74) is 2.21. The van der Waals surface area contributed by atoms with Crippen LogP contribution >= 0.6 is 0 Å². The van der Waals surface area contributed by atoms with Gasteiger partial charge in [0.15, 0.2) is 0 Å². The van der Waals surface area contributed by atoms with Gasteiger partial charge in [-0.2, -0.15) is 22.0 Å². The van der Waals surface area contributed by atoms with E-state index in [9.17, 15) is 8.42 Å². The predicted octanol–water partition coefficient (Wildman–Crippen LogP) is 3.10. The third-order valence-corrected chi connectivity index (χ3v) is 8.51. The summed E-state index contributed by atoms with van der Waals surface area (Å²) in [6.45, 7) is 9.80. The molecule has 0 spiro atoms. The van der Waals surface area contributed by atoms with E-state index in [0.717, 1.165) is 24.8 Å². The second-order valence-electron chi connectivity index (χ2n) is 8.93. The standard InChI is InChI=1S/C22H33N5O3S/c1-17(2)19-7-9-20(10-8-19)22-23-21(30-24-22)16-25-12-14-26(15-13-25)31(28,29)27-11-5-4-6-18(27)3/h7-10,17-18H,4-6,11-16H2,1-3H3. The molecule has 0 aliphatic carbocycles. The van der Waals surface area contributed by atoms with Crippen molar-refractivity contribution in [3.05, 3.63) is 35.7 Å². The van der Waals surface area contributed by atoms with Crippen LogP contribution in [0.5, 0.6) is 0 Å². The van der Waals surface area contributed by atoms with Gasteiger partial charge in [0.25, 0.3) is 10.2 Å². The van der Waals surface area contributed by atoms with E-state index in [1.807, 2.05) is 19.1 Å². The van der Waals surface area contributed by atoms with Crippen LogP contribution in [-0.4, -0.2) is 70.8 Å². The molecule has 4 rings (SSSR count). The van der Waals surface area contributed by atoms with Crippen molar-refractivity contribution in [3.63, 3.8) is 0 Å². The van der Waals surface area contributed by atoms with Gasteiger partial charge in [-0.1, -0.05) is 49.7 Å². The van der Waals surface area contributed by atoms with Crippen molar-refractivity contribution >= 4 is 10.2 Å². The van der Waals surface area contributed by atoms with Gasteiger partial charge in [-0.25, -0.2) is 0 Å². The van der Waals surface area contributed by atoms with Gasteiger partial charge in [0, 0.05) is 44.3 Å². The molecule has 0 saturated carbocycles. The zero-order valence-electron chi connectivity index (χ0n) is 18.7. The van der Waals surface area contributed by atoms with Crippen LogP contribution in [0.25, 0.3) is 11.4 Å². The summed E-state index contributed by atoms with van der Waals surface area (Å²) in [7, 11) is -3.38.